The molecule has 0 saturated carbocycles. The molecule has 0 aliphatic heterocycles. The predicted molar refractivity (Wildman–Crippen MR) is 52.9 cm³/mol. The fourth-order valence-corrected chi connectivity index (χ4v) is 1.48. The molecule has 0 bridgehead atoms. The van der Waals surface area contributed by atoms with Gasteiger partial charge in [0.05, 0.1) is 7.05 Å². The van der Waals surface area contributed by atoms with Gasteiger partial charge in [-0.1, -0.05) is 0 Å². The van der Waals surface area contributed by atoms with Gasteiger partial charge in [-0.15, -0.1) is 0 Å². The molecule has 14 heavy (non-hydrogen) atoms. The molecule has 0 atom stereocenters. The quantitative estimate of drug-likeness (QED) is 0.577. The zero-order chi connectivity index (χ0) is 10.1. The first-order valence-corrected chi connectivity index (χ1v) is 4.68. The van der Waals surface area contributed by atoms with Crippen LogP contribution in [0.25, 0.3) is 5.69 Å². The molecular formula is C11H15N3+2. The van der Waals surface area contributed by atoms with Gasteiger partial charge in [-0.05, 0) is 0 Å². The molecule has 0 unspecified atom stereocenters. The van der Waals surface area contributed by atoms with Crippen molar-refractivity contribution >= 4 is 0 Å². The number of imidazole rings is 1. The summed E-state index contributed by atoms with van der Waals surface area (Å²) < 4.78 is 6.30. The van der Waals surface area contributed by atoms with Gasteiger partial charge in [0.15, 0.2) is 12.4 Å². The van der Waals surface area contributed by atoms with Gasteiger partial charge in [-0.3, -0.25) is 0 Å². The van der Waals surface area contributed by atoms with Crippen molar-refractivity contribution in [2.24, 2.45) is 14.1 Å². The lowest BCUT2D eigenvalue weighted by Crippen LogP contribution is -2.30. The molecule has 0 fully saturated rings. The van der Waals surface area contributed by atoms with Gasteiger partial charge < -0.3 is 0 Å². The van der Waals surface area contributed by atoms with E-state index in [-0.39, 0.29) is 0 Å². The second kappa shape index (κ2) is 3.25. The van der Waals surface area contributed by atoms with Crippen molar-refractivity contribution in [1.82, 2.24) is 4.57 Å². The van der Waals surface area contributed by atoms with Crippen LogP contribution in [0.2, 0.25) is 0 Å². The summed E-state index contributed by atoms with van der Waals surface area (Å²) in [6.45, 7) is 2.10. The summed E-state index contributed by atoms with van der Waals surface area (Å²) in [5, 5.41) is 0. The number of pyridine rings is 1. The van der Waals surface area contributed by atoms with Gasteiger partial charge in [0, 0.05) is 19.1 Å². The van der Waals surface area contributed by atoms with E-state index >= 15 is 0 Å². The molecule has 0 aliphatic carbocycles. The summed E-state index contributed by atoms with van der Waals surface area (Å²) >= 11 is 0. The highest BCUT2D eigenvalue weighted by Crippen LogP contribution is 2.05. The topological polar surface area (TPSA) is 12.7 Å². The molecule has 2 aromatic heterocycles. The van der Waals surface area contributed by atoms with Crippen molar-refractivity contribution in [2.75, 3.05) is 0 Å². The van der Waals surface area contributed by atoms with Crippen molar-refractivity contribution in [3.05, 3.63) is 42.7 Å². The van der Waals surface area contributed by atoms with E-state index in [1.165, 1.54) is 11.5 Å². The fourth-order valence-electron chi connectivity index (χ4n) is 1.48. The van der Waals surface area contributed by atoms with Crippen LogP contribution in [0.4, 0.5) is 0 Å². The summed E-state index contributed by atoms with van der Waals surface area (Å²) in [6.07, 6.45) is 8.23. The molecule has 0 aromatic carbocycles. The normalized spacial score (nSPS) is 10.5. The molecule has 0 N–H and O–H groups in total. The van der Waals surface area contributed by atoms with E-state index in [9.17, 15) is 0 Å². The highest BCUT2D eigenvalue weighted by molar-refractivity contribution is 5.27. The van der Waals surface area contributed by atoms with Crippen LogP contribution in [0.3, 0.4) is 0 Å². The third kappa shape index (κ3) is 1.41. The lowest BCUT2D eigenvalue weighted by molar-refractivity contribution is -0.677. The standard InChI is InChI=1S/C11H15N3/c1-10-13(3)8-9-14(10)11-4-6-12(2)7-5-11/h4-9H,1-3H3/q+2. The number of nitrogens with zero attached hydrogens (tertiary/aromatic N) is 3. The van der Waals surface area contributed by atoms with Crippen LogP contribution >= 0.6 is 0 Å². The van der Waals surface area contributed by atoms with Crippen molar-refractivity contribution in [3.8, 4) is 5.69 Å². The average Bonchev–Trinajstić information content (AvgIpc) is 2.50. The number of rotatable bonds is 1. The van der Waals surface area contributed by atoms with Crippen LogP contribution in [0, 0.1) is 6.92 Å². The molecule has 2 heterocycles. The van der Waals surface area contributed by atoms with E-state index in [0.717, 1.165) is 0 Å². The van der Waals surface area contributed by atoms with Gasteiger partial charge in [-0.2, -0.15) is 4.57 Å². The Bertz CT molecular complexity index is 440. The van der Waals surface area contributed by atoms with Crippen molar-refractivity contribution < 1.29 is 9.13 Å². The Morgan fingerprint density at radius 3 is 2.21 bits per heavy atom. The van der Waals surface area contributed by atoms with E-state index in [2.05, 4.69) is 60.0 Å². The highest BCUT2D eigenvalue weighted by atomic mass is 15.1. The van der Waals surface area contributed by atoms with Crippen molar-refractivity contribution in [1.29, 1.82) is 0 Å². The average molecular weight is 189 g/mol. The van der Waals surface area contributed by atoms with E-state index < -0.39 is 0 Å². The van der Waals surface area contributed by atoms with Gasteiger partial charge >= 0.3 is 0 Å². The third-order valence-corrected chi connectivity index (χ3v) is 2.54. The summed E-state index contributed by atoms with van der Waals surface area (Å²) in [4.78, 5) is 0. The second-order valence-corrected chi connectivity index (χ2v) is 3.55. The summed E-state index contributed by atoms with van der Waals surface area (Å²) in [5.41, 5.74) is 1.20. The predicted octanol–water partition coefficient (Wildman–Crippen LogP) is 0.435. The van der Waals surface area contributed by atoms with Crippen LogP contribution in [-0.4, -0.2) is 4.57 Å². The Hall–Kier alpha value is -1.64. The van der Waals surface area contributed by atoms with Gasteiger partial charge in [0.25, 0.3) is 5.82 Å². The summed E-state index contributed by atoms with van der Waals surface area (Å²) in [7, 11) is 4.07. The Morgan fingerprint density at radius 1 is 1.07 bits per heavy atom. The van der Waals surface area contributed by atoms with Crippen molar-refractivity contribution in [2.45, 2.75) is 6.92 Å². The van der Waals surface area contributed by atoms with Crippen LogP contribution in [0.15, 0.2) is 36.9 Å². The maximum atomic E-state index is 2.17. The Kier molecular flexibility index (Phi) is 2.08. The van der Waals surface area contributed by atoms with Crippen LogP contribution < -0.4 is 9.13 Å². The fraction of sp³-hybridized carbons (Fsp3) is 0.273. The second-order valence-electron chi connectivity index (χ2n) is 3.55. The van der Waals surface area contributed by atoms with Crippen molar-refractivity contribution in [3.63, 3.8) is 0 Å². The molecule has 0 radical (unpaired) electrons. The minimum absolute atomic E-state index is 1.20. The molecule has 3 heteroatoms. The Balaban J connectivity index is 2.49. The smallest absolute Gasteiger partial charge is 0.237 e. The Labute approximate surface area is 83.9 Å². The molecule has 0 spiro atoms. The molecular weight excluding hydrogens is 174 g/mol. The van der Waals surface area contributed by atoms with Crippen LogP contribution in [-0.2, 0) is 14.1 Å². The molecule has 3 nitrogen and oxygen atoms in total. The SMILES string of the molecule is Cc1n(-c2cc[n+](C)cc2)cc[n+]1C. The van der Waals surface area contributed by atoms with Crippen LogP contribution in [0.1, 0.15) is 5.82 Å². The van der Waals surface area contributed by atoms with E-state index in [1.807, 2.05) is 11.6 Å². The maximum Gasteiger partial charge on any atom is 0.258 e. The lowest BCUT2D eigenvalue weighted by atomic mass is 10.4. The molecule has 2 rings (SSSR count). The monoisotopic (exact) mass is 189 g/mol. The van der Waals surface area contributed by atoms with E-state index in [4.69, 9.17) is 0 Å². The largest absolute Gasteiger partial charge is 0.258 e. The van der Waals surface area contributed by atoms with Gasteiger partial charge in [0.1, 0.15) is 25.1 Å². The van der Waals surface area contributed by atoms with Crippen LogP contribution in [0.5, 0.6) is 0 Å². The first-order valence-electron chi connectivity index (χ1n) is 4.68. The summed E-state index contributed by atoms with van der Waals surface area (Å²) in [6, 6.07) is 4.21. The number of aromatic nitrogens is 3. The molecule has 72 valence electrons. The highest BCUT2D eigenvalue weighted by Gasteiger charge is 2.11. The molecule has 2 aromatic rings. The number of hydrogen-bond donors (Lipinski definition) is 0. The maximum absolute atomic E-state index is 2.17. The van der Waals surface area contributed by atoms with Gasteiger partial charge in [0.2, 0.25) is 0 Å². The minimum atomic E-state index is 1.20. The van der Waals surface area contributed by atoms with E-state index in [1.54, 1.807) is 0 Å². The van der Waals surface area contributed by atoms with E-state index in [0.29, 0.717) is 0 Å². The minimum Gasteiger partial charge on any atom is -0.237 e. The zero-order valence-corrected chi connectivity index (χ0v) is 8.81. The summed E-state index contributed by atoms with van der Waals surface area (Å²) in [5.74, 6) is 1.22. The molecule has 0 aliphatic rings. The van der Waals surface area contributed by atoms with Gasteiger partial charge in [-0.25, -0.2) is 9.13 Å². The molecule has 0 saturated heterocycles. The molecule has 0 amide bonds. The number of hydrogen-bond acceptors (Lipinski definition) is 0. The first kappa shape index (κ1) is 8.94. The third-order valence-electron chi connectivity index (χ3n) is 2.54. The first-order chi connectivity index (χ1) is 6.68. The zero-order valence-electron chi connectivity index (χ0n) is 8.81. The lowest BCUT2D eigenvalue weighted by Gasteiger charge is -1.96. The number of aryl methyl sites for hydroxylation is 2. The Morgan fingerprint density at radius 2 is 1.71 bits per heavy atom.